The molecule has 0 atom stereocenters. The third-order valence-corrected chi connectivity index (χ3v) is 5.18. The summed E-state index contributed by atoms with van der Waals surface area (Å²) in [6, 6.07) is 9.20. The van der Waals surface area contributed by atoms with Gasteiger partial charge in [-0.15, -0.1) is 0 Å². The van der Waals surface area contributed by atoms with Crippen LogP contribution in [0.15, 0.2) is 24.3 Å². The Bertz CT molecular complexity index is 390. The first-order valence-corrected chi connectivity index (χ1v) is 8.01. The molecule has 0 unspecified atom stereocenters. The zero-order valence-electron chi connectivity index (χ0n) is 10.7. The molecule has 1 aliphatic heterocycles. The Morgan fingerprint density at radius 2 is 1.78 bits per heavy atom. The number of benzene rings is 1. The van der Waals surface area contributed by atoms with Crippen LogP contribution in [-0.2, 0) is 12.8 Å². The number of fused-ring (bicyclic) bond motifs is 1. The van der Waals surface area contributed by atoms with Crippen LogP contribution < -0.4 is 5.32 Å². The minimum Gasteiger partial charge on any atom is -0.389 e. The second kappa shape index (κ2) is 5.24. The molecule has 3 heteroatoms. The molecule has 0 aromatic heterocycles. The van der Waals surface area contributed by atoms with Crippen molar-refractivity contribution < 1.29 is 5.11 Å². The van der Waals surface area contributed by atoms with E-state index in [0.717, 1.165) is 43.7 Å². The van der Waals surface area contributed by atoms with Crippen molar-refractivity contribution in [2.75, 3.05) is 18.1 Å². The van der Waals surface area contributed by atoms with Crippen molar-refractivity contribution in [2.45, 2.75) is 37.3 Å². The average Bonchev–Trinajstić information content (AvgIpc) is 2.80. The van der Waals surface area contributed by atoms with Gasteiger partial charge in [-0.2, -0.15) is 11.8 Å². The van der Waals surface area contributed by atoms with Gasteiger partial charge in [0.2, 0.25) is 0 Å². The number of hydrogen-bond acceptors (Lipinski definition) is 3. The van der Waals surface area contributed by atoms with Gasteiger partial charge in [0.1, 0.15) is 0 Å². The van der Waals surface area contributed by atoms with E-state index in [1.807, 2.05) is 11.8 Å². The van der Waals surface area contributed by atoms with Crippen molar-refractivity contribution >= 4 is 11.8 Å². The van der Waals surface area contributed by atoms with Gasteiger partial charge in [0.25, 0.3) is 0 Å². The van der Waals surface area contributed by atoms with Crippen LogP contribution in [0.3, 0.4) is 0 Å². The van der Waals surface area contributed by atoms with E-state index in [2.05, 4.69) is 29.6 Å². The van der Waals surface area contributed by atoms with Gasteiger partial charge < -0.3 is 10.4 Å². The first-order chi connectivity index (χ1) is 8.75. The molecule has 1 aromatic carbocycles. The van der Waals surface area contributed by atoms with Crippen molar-refractivity contribution in [2.24, 2.45) is 0 Å². The lowest BCUT2D eigenvalue weighted by atomic mass is 9.96. The van der Waals surface area contributed by atoms with Crippen LogP contribution in [0.4, 0.5) is 0 Å². The van der Waals surface area contributed by atoms with Crippen LogP contribution in [0.2, 0.25) is 0 Å². The quantitative estimate of drug-likeness (QED) is 0.875. The van der Waals surface area contributed by atoms with Gasteiger partial charge in [0, 0.05) is 12.6 Å². The molecule has 2 N–H and O–H groups in total. The fourth-order valence-electron chi connectivity index (χ4n) is 2.97. The molecule has 98 valence electrons. The van der Waals surface area contributed by atoms with E-state index in [1.54, 1.807) is 0 Å². The second-order valence-corrected chi connectivity index (χ2v) is 6.82. The molecule has 0 saturated carbocycles. The van der Waals surface area contributed by atoms with Gasteiger partial charge >= 0.3 is 0 Å². The molecule has 1 fully saturated rings. The highest BCUT2D eigenvalue weighted by atomic mass is 32.2. The first kappa shape index (κ1) is 12.5. The lowest BCUT2D eigenvalue weighted by Crippen LogP contribution is -2.46. The van der Waals surface area contributed by atoms with Crippen LogP contribution in [0, 0.1) is 0 Å². The summed E-state index contributed by atoms with van der Waals surface area (Å²) in [5.74, 6) is 2.20. The van der Waals surface area contributed by atoms with Gasteiger partial charge in [-0.05, 0) is 48.3 Å². The lowest BCUT2D eigenvalue weighted by molar-refractivity contribution is 0.0298. The zero-order chi connectivity index (χ0) is 12.4. The third kappa shape index (κ3) is 2.73. The molecule has 18 heavy (non-hydrogen) atoms. The summed E-state index contributed by atoms with van der Waals surface area (Å²) in [7, 11) is 0. The Labute approximate surface area is 113 Å². The smallest absolute Gasteiger partial charge is 0.0787 e. The Hall–Kier alpha value is -0.510. The van der Waals surface area contributed by atoms with Gasteiger partial charge in [-0.1, -0.05) is 24.3 Å². The van der Waals surface area contributed by atoms with Crippen LogP contribution >= 0.6 is 11.8 Å². The largest absolute Gasteiger partial charge is 0.389 e. The molecule has 1 heterocycles. The summed E-state index contributed by atoms with van der Waals surface area (Å²) in [4.78, 5) is 0. The Kier molecular flexibility index (Phi) is 3.64. The van der Waals surface area contributed by atoms with Crippen LogP contribution in [0.1, 0.15) is 24.0 Å². The average molecular weight is 263 g/mol. The van der Waals surface area contributed by atoms with Crippen LogP contribution in [0.25, 0.3) is 0 Å². The summed E-state index contributed by atoms with van der Waals surface area (Å²) in [5, 5.41) is 14.1. The van der Waals surface area contributed by atoms with E-state index in [9.17, 15) is 5.11 Å². The summed E-state index contributed by atoms with van der Waals surface area (Å²) in [5.41, 5.74) is 2.49. The van der Waals surface area contributed by atoms with E-state index < -0.39 is 5.60 Å². The molecular formula is C15H21NOS. The predicted octanol–water partition coefficient (Wildman–Crippen LogP) is 2.00. The fraction of sp³-hybridized carbons (Fsp3) is 0.600. The minimum atomic E-state index is -0.458. The maximum Gasteiger partial charge on any atom is 0.0787 e. The minimum absolute atomic E-state index is 0.458. The van der Waals surface area contributed by atoms with Crippen LogP contribution in [-0.4, -0.2) is 34.8 Å². The highest BCUT2D eigenvalue weighted by molar-refractivity contribution is 7.99. The Balaban J connectivity index is 1.53. The van der Waals surface area contributed by atoms with E-state index in [-0.39, 0.29) is 0 Å². The molecule has 0 radical (unpaired) electrons. The van der Waals surface area contributed by atoms with Crippen molar-refractivity contribution in [3.63, 3.8) is 0 Å². The lowest BCUT2D eigenvalue weighted by Gasteiger charge is -2.33. The van der Waals surface area contributed by atoms with E-state index in [0.29, 0.717) is 6.04 Å². The maximum absolute atomic E-state index is 10.5. The predicted molar refractivity (Wildman–Crippen MR) is 77.1 cm³/mol. The molecule has 2 nitrogen and oxygen atoms in total. The molecule has 0 bridgehead atoms. The summed E-state index contributed by atoms with van der Waals surface area (Å²) in [6.07, 6.45) is 4.09. The standard InChI is InChI=1S/C15H21NOS/c17-15(5-7-18-8-6-15)11-16-14-9-12-3-1-2-4-13(12)10-14/h1-4,14,16-17H,5-11H2. The molecule has 1 saturated heterocycles. The Morgan fingerprint density at radius 3 is 2.39 bits per heavy atom. The van der Waals surface area contributed by atoms with Crippen molar-refractivity contribution in [1.29, 1.82) is 0 Å². The SMILES string of the molecule is OC1(CNC2Cc3ccccc3C2)CCSCC1. The van der Waals surface area contributed by atoms with Gasteiger partial charge in [0.05, 0.1) is 5.60 Å². The van der Waals surface area contributed by atoms with Gasteiger partial charge in [0.15, 0.2) is 0 Å². The molecule has 0 spiro atoms. The van der Waals surface area contributed by atoms with Gasteiger partial charge in [-0.3, -0.25) is 0 Å². The van der Waals surface area contributed by atoms with Crippen LogP contribution in [0.5, 0.6) is 0 Å². The highest BCUT2D eigenvalue weighted by Gasteiger charge is 2.31. The number of aliphatic hydroxyl groups is 1. The fourth-order valence-corrected chi connectivity index (χ4v) is 4.22. The number of thioether (sulfide) groups is 1. The molecule has 3 rings (SSSR count). The topological polar surface area (TPSA) is 32.3 Å². The molecule has 2 aliphatic rings. The zero-order valence-corrected chi connectivity index (χ0v) is 11.5. The summed E-state index contributed by atoms with van der Waals surface area (Å²) in [6.45, 7) is 0.756. The molecule has 0 amide bonds. The first-order valence-electron chi connectivity index (χ1n) is 6.85. The normalized spacial score (nSPS) is 22.9. The number of hydrogen-bond donors (Lipinski definition) is 2. The third-order valence-electron chi connectivity index (χ3n) is 4.19. The Morgan fingerprint density at radius 1 is 1.17 bits per heavy atom. The summed E-state index contributed by atoms with van der Waals surface area (Å²) >= 11 is 1.96. The summed E-state index contributed by atoms with van der Waals surface area (Å²) < 4.78 is 0. The van der Waals surface area contributed by atoms with E-state index in [4.69, 9.17) is 0 Å². The van der Waals surface area contributed by atoms with Crippen molar-refractivity contribution in [1.82, 2.24) is 5.32 Å². The maximum atomic E-state index is 10.5. The molecule has 1 aromatic rings. The monoisotopic (exact) mass is 263 g/mol. The van der Waals surface area contributed by atoms with E-state index >= 15 is 0 Å². The number of nitrogens with one attached hydrogen (secondary N) is 1. The van der Waals surface area contributed by atoms with Crippen molar-refractivity contribution in [3.8, 4) is 0 Å². The van der Waals surface area contributed by atoms with E-state index in [1.165, 1.54) is 11.1 Å². The second-order valence-electron chi connectivity index (χ2n) is 5.59. The molecular weight excluding hydrogens is 242 g/mol. The number of rotatable bonds is 3. The van der Waals surface area contributed by atoms with Gasteiger partial charge in [-0.25, -0.2) is 0 Å². The highest BCUT2D eigenvalue weighted by Crippen LogP contribution is 2.27. The van der Waals surface area contributed by atoms with Crippen molar-refractivity contribution in [3.05, 3.63) is 35.4 Å². The molecule has 1 aliphatic carbocycles.